The largest absolute Gasteiger partial charge is 0.320 e. The maximum atomic E-state index is 12.5. The Balaban J connectivity index is 2.02. The summed E-state index contributed by atoms with van der Waals surface area (Å²) >= 11 is 1.11. The van der Waals surface area contributed by atoms with Crippen LogP contribution in [0, 0.1) is 0 Å². The van der Waals surface area contributed by atoms with Crippen molar-refractivity contribution in [2.24, 2.45) is 0 Å². The highest BCUT2D eigenvalue weighted by Crippen LogP contribution is 2.57. The standard InChI is InChI=1S/C17H15N3O2S/c1-20-14(21)18-17(13-10-6-3-7-11-13)16(20,19-15(22)23-17)12-8-4-2-5-9-12/h2-11H,1H3,(H,18,21)(H,19,22)/t16-,17-/m1/s1. The van der Waals surface area contributed by atoms with Gasteiger partial charge in [0, 0.05) is 12.6 Å². The quantitative estimate of drug-likeness (QED) is 0.892. The highest BCUT2D eigenvalue weighted by Gasteiger charge is 2.69. The molecule has 3 amide bonds. The Kier molecular flexibility index (Phi) is 2.93. The second-order valence-electron chi connectivity index (χ2n) is 5.63. The van der Waals surface area contributed by atoms with Crippen LogP contribution >= 0.6 is 11.8 Å². The molecule has 116 valence electrons. The number of likely N-dealkylation sites (N-methyl/N-ethyl adjacent to an activating group) is 1. The molecule has 0 unspecified atom stereocenters. The number of nitrogens with one attached hydrogen (secondary N) is 2. The number of carbonyl (C=O) groups excluding carboxylic acids is 2. The van der Waals surface area contributed by atoms with E-state index in [2.05, 4.69) is 10.6 Å². The molecule has 6 heteroatoms. The lowest BCUT2D eigenvalue weighted by molar-refractivity contribution is 0.131. The van der Waals surface area contributed by atoms with Crippen LogP contribution in [0.15, 0.2) is 60.7 Å². The van der Waals surface area contributed by atoms with Crippen LogP contribution in [0.2, 0.25) is 0 Å². The monoisotopic (exact) mass is 325 g/mol. The number of hydrogen-bond acceptors (Lipinski definition) is 3. The molecule has 2 aliphatic rings. The van der Waals surface area contributed by atoms with Crippen molar-refractivity contribution < 1.29 is 9.59 Å². The Morgan fingerprint density at radius 3 is 2.04 bits per heavy atom. The lowest BCUT2D eigenvalue weighted by Gasteiger charge is -2.40. The lowest BCUT2D eigenvalue weighted by atomic mass is 9.86. The van der Waals surface area contributed by atoms with Crippen molar-refractivity contribution in [1.29, 1.82) is 0 Å². The van der Waals surface area contributed by atoms with Crippen LogP contribution in [-0.4, -0.2) is 23.2 Å². The van der Waals surface area contributed by atoms with Crippen molar-refractivity contribution in [3.05, 3.63) is 71.8 Å². The predicted molar refractivity (Wildman–Crippen MR) is 88.7 cm³/mol. The molecule has 2 aromatic rings. The van der Waals surface area contributed by atoms with E-state index in [4.69, 9.17) is 0 Å². The number of benzene rings is 2. The van der Waals surface area contributed by atoms with Crippen LogP contribution in [0.4, 0.5) is 9.59 Å². The number of carbonyl (C=O) groups is 2. The Morgan fingerprint density at radius 1 is 0.870 bits per heavy atom. The van der Waals surface area contributed by atoms with Gasteiger partial charge >= 0.3 is 6.03 Å². The molecule has 0 saturated carbocycles. The van der Waals surface area contributed by atoms with E-state index in [0.717, 1.165) is 22.9 Å². The van der Waals surface area contributed by atoms with Gasteiger partial charge < -0.3 is 10.6 Å². The molecular formula is C17H15N3O2S. The number of hydrogen-bond donors (Lipinski definition) is 2. The summed E-state index contributed by atoms with van der Waals surface area (Å²) < 4.78 is 0. The van der Waals surface area contributed by atoms with Crippen molar-refractivity contribution in [2.45, 2.75) is 10.5 Å². The molecule has 0 radical (unpaired) electrons. The molecule has 2 heterocycles. The molecular weight excluding hydrogens is 310 g/mol. The summed E-state index contributed by atoms with van der Waals surface area (Å²) in [6, 6.07) is 19.0. The Labute approximate surface area is 138 Å². The molecule has 2 N–H and O–H groups in total. The number of urea groups is 1. The molecule has 5 nitrogen and oxygen atoms in total. The number of fused-ring (bicyclic) bond motifs is 1. The molecule has 0 bridgehead atoms. The SMILES string of the molecule is CN1C(=O)N[C@]2(c3ccccc3)SC(=O)N[C@]12c1ccccc1. The van der Waals surface area contributed by atoms with Crippen LogP contribution in [0.1, 0.15) is 11.1 Å². The number of amides is 3. The van der Waals surface area contributed by atoms with Crippen molar-refractivity contribution in [1.82, 2.24) is 15.5 Å². The highest BCUT2D eigenvalue weighted by atomic mass is 32.2. The van der Waals surface area contributed by atoms with Gasteiger partial charge in [0.2, 0.25) is 0 Å². The average molecular weight is 325 g/mol. The van der Waals surface area contributed by atoms with Crippen molar-refractivity contribution >= 4 is 23.0 Å². The smallest absolute Gasteiger partial charge is 0.317 e. The molecule has 0 aliphatic carbocycles. The summed E-state index contributed by atoms with van der Waals surface area (Å²) in [5.41, 5.74) is 0.780. The summed E-state index contributed by atoms with van der Waals surface area (Å²) in [7, 11) is 1.71. The van der Waals surface area contributed by atoms with Crippen LogP contribution in [-0.2, 0) is 10.5 Å². The Bertz CT molecular complexity index is 783. The van der Waals surface area contributed by atoms with E-state index in [9.17, 15) is 9.59 Å². The number of nitrogens with zero attached hydrogens (tertiary/aromatic N) is 1. The zero-order chi connectivity index (χ0) is 16.1. The summed E-state index contributed by atoms with van der Waals surface area (Å²) in [6.45, 7) is 0. The van der Waals surface area contributed by atoms with Gasteiger partial charge in [-0.25, -0.2) is 4.79 Å². The molecule has 23 heavy (non-hydrogen) atoms. The third kappa shape index (κ3) is 1.69. The maximum Gasteiger partial charge on any atom is 0.320 e. The maximum absolute atomic E-state index is 12.5. The average Bonchev–Trinajstić information content (AvgIpc) is 2.99. The van der Waals surface area contributed by atoms with Gasteiger partial charge in [-0.05, 0) is 17.3 Å². The minimum Gasteiger partial charge on any atom is -0.317 e. The van der Waals surface area contributed by atoms with Gasteiger partial charge in [-0.2, -0.15) is 0 Å². The van der Waals surface area contributed by atoms with Crippen molar-refractivity contribution in [2.75, 3.05) is 7.05 Å². The molecule has 2 aromatic carbocycles. The van der Waals surface area contributed by atoms with E-state index >= 15 is 0 Å². The summed E-state index contributed by atoms with van der Waals surface area (Å²) in [4.78, 5) is 25.5. The van der Waals surface area contributed by atoms with Crippen LogP contribution in [0.25, 0.3) is 0 Å². The van der Waals surface area contributed by atoms with E-state index in [0.29, 0.717) is 0 Å². The first-order chi connectivity index (χ1) is 11.1. The fraction of sp³-hybridized carbons (Fsp3) is 0.176. The summed E-state index contributed by atoms with van der Waals surface area (Å²) in [5, 5.41) is 5.90. The van der Waals surface area contributed by atoms with Gasteiger partial charge in [-0.3, -0.25) is 9.69 Å². The van der Waals surface area contributed by atoms with Gasteiger partial charge in [-0.15, -0.1) is 0 Å². The molecule has 2 saturated heterocycles. The molecule has 0 aromatic heterocycles. The molecule has 4 rings (SSSR count). The Hall–Kier alpha value is -2.47. The topological polar surface area (TPSA) is 61.4 Å². The third-order valence-electron chi connectivity index (χ3n) is 4.50. The lowest BCUT2D eigenvalue weighted by Crippen LogP contribution is -2.57. The van der Waals surface area contributed by atoms with Gasteiger partial charge in [0.25, 0.3) is 5.24 Å². The van der Waals surface area contributed by atoms with E-state index in [-0.39, 0.29) is 11.3 Å². The highest BCUT2D eigenvalue weighted by molar-refractivity contribution is 8.14. The summed E-state index contributed by atoms with van der Waals surface area (Å²) in [6.07, 6.45) is 0. The van der Waals surface area contributed by atoms with Crippen LogP contribution in [0.5, 0.6) is 0 Å². The van der Waals surface area contributed by atoms with Gasteiger partial charge in [0.15, 0.2) is 10.5 Å². The minimum atomic E-state index is -0.964. The zero-order valence-electron chi connectivity index (χ0n) is 12.4. The molecule has 0 spiro atoms. The van der Waals surface area contributed by atoms with E-state index < -0.39 is 10.5 Å². The second kappa shape index (κ2) is 4.76. The number of thioether (sulfide) groups is 1. The van der Waals surface area contributed by atoms with Crippen LogP contribution in [0.3, 0.4) is 0 Å². The minimum absolute atomic E-state index is 0.162. The van der Waals surface area contributed by atoms with Crippen LogP contribution < -0.4 is 10.6 Å². The second-order valence-corrected chi connectivity index (χ2v) is 6.81. The fourth-order valence-corrected chi connectivity index (χ4v) is 4.78. The normalized spacial score (nSPS) is 29.2. The first-order valence-electron chi connectivity index (χ1n) is 7.28. The summed E-state index contributed by atoms with van der Waals surface area (Å²) in [5.74, 6) is 0. The molecule has 2 atom stereocenters. The Morgan fingerprint density at radius 2 is 1.43 bits per heavy atom. The fourth-order valence-electron chi connectivity index (χ4n) is 3.46. The van der Waals surface area contributed by atoms with Gasteiger partial charge in [0.1, 0.15) is 0 Å². The number of rotatable bonds is 2. The van der Waals surface area contributed by atoms with Crippen molar-refractivity contribution in [3.8, 4) is 0 Å². The van der Waals surface area contributed by atoms with E-state index in [1.807, 2.05) is 60.7 Å². The predicted octanol–water partition coefficient (Wildman–Crippen LogP) is 2.80. The molecule has 2 fully saturated rings. The molecule has 2 aliphatic heterocycles. The first-order valence-corrected chi connectivity index (χ1v) is 8.10. The van der Waals surface area contributed by atoms with Gasteiger partial charge in [-0.1, -0.05) is 60.7 Å². The zero-order valence-corrected chi connectivity index (χ0v) is 13.3. The van der Waals surface area contributed by atoms with E-state index in [1.54, 1.807) is 11.9 Å². The first kappa shape index (κ1) is 14.1. The van der Waals surface area contributed by atoms with Gasteiger partial charge in [0.05, 0.1) is 0 Å². The van der Waals surface area contributed by atoms with Crippen molar-refractivity contribution in [3.63, 3.8) is 0 Å². The van der Waals surface area contributed by atoms with E-state index in [1.165, 1.54) is 0 Å². The third-order valence-corrected chi connectivity index (χ3v) is 5.73.